The van der Waals surface area contributed by atoms with Crippen molar-refractivity contribution in [3.8, 4) is 0 Å². The second kappa shape index (κ2) is 4.48. The first-order valence-electron chi connectivity index (χ1n) is 6.10. The summed E-state index contributed by atoms with van der Waals surface area (Å²) in [5, 5.41) is 14.0. The van der Waals surface area contributed by atoms with Crippen LogP contribution in [0.4, 0.5) is 0 Å². The van der Waals surface area contributed by atoms with Crippen LogP contribution in [0.5, 0.6) is 0 Å². The van der Waals surface area contributed by atoms with Crippen molar-refractivity contribution in [2.45, 2.75) is 31.2 Å². The van der Waals surface area contributed by atoms with E-state index in [1.54, 1.807) is 16.3 Å². The fraction of sp³-hybridized carbons (Fsp3) is 0.500. The highest BCUT2D eigenvalue weighted by Crippen LogP contribution is 2.51. The summed E-state index contributed by atoms with van der Waals surface area (Å²) in [6.07, 6.45) is 3.73. The number of hydrogen-bond acceptors (Lipinski definition) is 5. The molecule has 0 atom stereocenters. The summed E-state index contributed by atoms with van der Waals surface area (Å²) in [4.78, 5) is 19.2. The van der Waals surface area contributed by atoms with Gasteiger partial charge < -0.3 is 5.11 Å². The van der Waals surface area contributed by atoms with E-state index in [-0.39, 0.29) is 11.8 Å². The average molecular weight is 278 g/mol. The maximum atomic E-state index is 10.8. The normalized spacial score (nSPS) is 16.7. The zero-order chi connectivity index (χ0) is 13.5. The highest BCUT2D eigenvalue weighted by atomic mass is 32.2. The third-order valence-electron chi connectivity index (χ3n) is 3.36. The molecular weight excluding hydrogens is 264 g/mol. The molecule has 0 unspecified atom stereocenters. The van der Waals surface area contributed by atoms with Crippen molar-refractivity contribution in [2.24, 2.45) is 5.41 Å². The van der Waals surface area contributed by atoms with Gasteiger partial charge in [-0.3, -0.25) is 4.79 Å². The zero-order valence-corrected chi connectivity index (χ0v) is 11.4. The molecule has 1 N–H and O–H groups in total. The number of carbonyl (C=O) groups is 1. The van der Waals surface area contributed by atoms with Gasteiger partial charge in [0.25, 0.3) is 5.78 Å². The lowest BCUT2D eigenvalue weighted by molar-refractivity contribution is -0.138. The summed E-state index contributed by atoms with van der Waals surface area (Å²) in [5.41, 5.74) is 0.867. The second-order valence-corrected chi connectivity index (χ2v) is 6.06. The molecule has 1 fully saturated rings. The summed E-state index contributed by atoms with van der Waals surface area (Å²) < 4.78 is 1.70. The van der Waals surface area contributed by atoms with Crippen LogP contribution in [0.25, 0.3) is 5.78 Å². The molecule has 0 spiro atoms. The molecule has 0 bridgehead atoms. The van der Waals surface area contributed by atoms with Gasteiger partial charge in [-0.15, -0.1) is 11.8 Å². The third kappa shape index (κ3) is 2.56. The van der Waals surface area contributed by atoms with E-state index in [1.165, 1.54) is 6.33 Å². The van der Waals surface area contributed by atoms with Gasteiger partial charge in [0.15, 0.2) is 0 Å². The SMILES string of the molecule is Cc1cc(SCC2(CC(=O)O)CC2)n2ncnc2n1. The first kappa shape index (κ1) is 12.4. The number of carboxylic acids is 1. The van der Waals surface area contributed by atoms with Gasteiger partial charge in [0.05, 0.1) is 6.42 Å². The van der Waals surface area contributed by atoms with Crippen LogP contribution in [0.3, 0.4) is 0 Å². The molecule has 100 valence electrons. The Morgan fingerprint density at radius 1 is 1.58 bits per heavy atom. The topological polar surface area (TPSA) is 80.4 Å². The molecule has 1 aliphatic rings. The van der Waals surface area contributed by atoms with E-state index < -0.39 is 5.97 Å². The van der Waals surface area contributed by atoms with Crippen LogP contribution in [0.1, 0.15) is 25.0 Å². The predicted octanol–water partition coefficient (Wildman–Crippen LogP) is 1.78. The van der Waals surface area contributed by atoms with Crippen LogP contribution in [0.15, 0.2) is 17.4 Å². The summed E-state index contributed by atoms with van der Waals surface area (Å²) >= 11 is 1.64. The Labute approximate surface area is 114 Å². The van der Waals surface area contributed by atoms with Crippen LogP contribution >= 0.6 is 11.8 Å². The molecule has 0 aliphatic heterocycles. The number of nitrogens with zero attached hydrogens (tertiary/aromatic N) is 4. The minimum absolute atomic E-state index is 0.0272. The minimum Gasteiger partial charge on any atom is -0.481 e. The van der Waals surface area contributed by atoms with Gasteiger partial charge in [0.1, 0.15) is 11.4 Å². The molecule has 2 aromatic heterocycles. The number of carboxylic acid groups (broad SMARTS) is 1. The number of fused-ring (bicyclic) bond motifs is 1. The maximum Gasteiger partial charge on any atom is 0.303 e. The standard InChI is InChI=1S/C12H14N4O2S/c1-8-4-9(16-11(15-8)13-7-14-16)19-6-12(2-3-12)5-10(17)18/h4,7H,2-3,5-6H2,1H3,(H,17,18). The molecule has 1 saturated carbocycles. The van der Waals surface area contributed by atoms with E-state index in [2.05, 4.69) is 15.1 Å². The van der Waals surface area contributed by atoms with E-state index in [1.807, 2.05) is 13.0 Å². The Balaban J connectivity index is 1.78. The number of aliphatic carboxylic acids is 1. The first-order valence-corrected chi connectivity index (χ1v) is 7.09. The lowest BCUT2D eigenvalue weighted by Crippen LogP contribution is -2.11. The smallest absolute Gasteiger partial charge is 0.303 e. The molecule has 2 heterocycles. The lowest BCUT2D eigenvalue weighted by Gasteiger charge is -2.12. The van der Waals surface area contributed by atoms with E-state index in [9.17, 15) is 4.79 Å². The van der Waals surface area contributed by atoms with Crippen molar-refractivity contribution in [1.82, 2.24) is 19.6 Å². The summed E-state index contributed by atoms with van der Waals surface area (Å²) in [6.45, 7) is 1.92. The first-order chi connectivity index (χ1) is 9.08. The third-order valence-corrected chi connectivity index (χ3v) is 4.70. The number of hydrogen-bond donors (Lipinski definition) is 1. The molecule has 19 heavy (non-hydrogen) atoms. The molecule has 7 heteroatoms. The van der Waals surface area contributed by atoms with Crippen molar-refractivity contribution in [1.29, 1.82) is 0 Å². The van der Waals surface area contributed by atoms with Crippen molar-refractivity contribution in [2.75, 3.05) is 5.75 Å². The quantitative estimate of drug-likeness (QED) is 0.663. The number of rotatable bonds is 5. The predicted molar refractivity (Wildman–Crippen MR) is 70.2 cm³/mol. The Kier molecular flexibility index (Phi) is 2.93. The molecule has 3 rings (SSSR count). The Morgan fingerprint density at radius 2 is 2.37 bits per heavy atom. The highest BCUT2D eigenvalue weighted by Gasteiger charge is 2.44. The van der Waals surface area contributed by atoms with Crippen molar-refractivity contribution in [3.05, 3.63) is 18.1 Å². The average Bonchev–Trinajstić information content (AvgIpc) is 2.92. The van der Waals surface area contributed by atoms with E-state index in [4.69, 9.17) is 5.11 Å². The maximum absolute atomic E-state index is 10.8. The molecule has 1 aliphatic carbocycles. The fourth-order valence-corrected chi connectivity index (χ4v) is 3.45. The largest absolute Gasteiger partial charge is 0.481 e. The molecule has 0 amide bonds. The van der Waals surface area contributed by atoms with Crippen LogP contribution in [0, 0.1) is 12.3 Å². The van der Waals surface area contributed by atoms with Gasteiger partial charge in [0, 0.05) is 11.4 Å². The Morgan fingerprint density at radius 3 is 3.05 bits per heavy atom. The molecule has 0 aromatic carbocycles. The molecular formula is C12H14N4O2S. The van der Waals surface area contributed by atoms with Crippen LogP contribution in [-0.4, -0.2) is 36.4 Å². The summed E-state index contributed by atoms with van der Waals surface area (Å²) in [7, 11) is 0. The van der Waals surface area contributed by atoms with E-state index in [0.29, 0.717) is 5.78 Å². The van der Waals surface area contributed by atoms with Crippen LogP contribution in [-0.2, 0) is 4.79 Å². The van der Waals surface area contributed by atoms with Crippen molar-refractivity contribution < 1.29 is 9.90 Å². The van der Waals surface area contributed by atoms with Gasteiger partial charge in [-0.05, 0) is 31.2 Å². The highest BCUT2D eigenvalue weighted by molar-refractivity contribution is 7.99. The molecule has 6 nitrogen and oxygen atoms in total. The van der Waals surface area contributed by atoms with E-state index >= 15 is 0 Å². The molecule has 0 saturated heterocycles. The summed E-state index contributed by atoms with van der Waals surface area (Å²) in [5.74, 6) is 0.679. The lowest BCUT2D eigenvalue weighted by atomic mass is 10.1. The summed E-state index contributed by atoms with van der Waals surface area (Å²) in [6, 6.07) is 1.96. The van der Waals surface area contributed by atoms with Gasteiger partial charge >= 0.3 is 5.97 Å². The van der Waals surface area contributed by atoms with Crippen LogP contribution in [0.2, 0.25) is 0 Å². The molecule has 2 aromatic rings. The van der Waals surface area contributed by atoms with Crippen molar-refractivity contribution in [3.63, 3.8) is 0 Å². The van der Waals surface area contributed by atoms with Gasteiger partial charge in [-0.2, -0.15) is 14.6 Å². The second-order valence-electron chi connectivity index (χ2n) is 5.07. The van der Waals surface area contributed by atoms with Crippen LogP contribution < -0.4 is 0 Å². The number of thioether (sulfide) groups is 1. The fourth-order valence-electron chi connectivity index (χ4n) is 2.10. The number of aromatic nitrogens is 4. The van der Waals surface area contributed by atoms with Gasteiger partial charge in [-0.25, -0.2) is 4.98 Å². The van der Waals surface area contributed by atoms with Gasteiger partial charge in [-0.1, -0.05) is 0 Å². The monoisotopic (exact) mass is 278 g/mol. The number of aryl methyl sites for hydroxylation is 1. The minimum atomic E-state index is -0.713. The van der Waals surface area contributed by atoms with Crippen molar-refractivity contribution >= 4 is 23.5 Å². The van der Waals surface area contributed by atoms with Gasteiger partial charge in [0.2, 0.25) is 0 Å². The van der Waals surface area contributed by atoms with E-state index in [0.717, 1.165) is 29.3 Å². The Bertz CT molecular complexity index is 636. The zero-order valence-electron chi connectivity index (χ0n) is 10.5. The Hall–Kier alpha value is -1.63. The molecule has 0 radical (unpaired) electrons.